The largest absolute Gasteiger partial charge is 0.372 e. The summed E-state index contributed by atoms with van der Waals surface area (Å²) in [6.45, 7) is 14.4. The van der Waals surface area contributed by atoms with Gasteiger partial charge in [0.1, 0.15) is 0 Å². The van der Waals surface area contributed by atoms with Gasteiger partial charge in [-0.15, -0.1) is 24.0 Å². The molecule has 0 spiro atoms. The Morgan fingerprint density at radius 2 is 1.67 bits per heavy atom. The molecule has 0 atom stereocenters. The predicted octanol–water partition coefficient (Wildman–Crippen LogP) is 4.47. The van der Waals surface area contributed by atoms with E-state index in [0.29, 0.717) is 6.04 Å². The molecule has 1 aromatic rings. The van der Waals surface area contributed by atoms with Gasteiger partial charge in [-0.05, 0) is 69.2 Å². The van der Waals surface area contributed by atoms with Gasteiger partial charge < -0.3 is 20.4 Å². The van der Waals surface area contributed by atoms with Gasteiger partial charge in [0, 0.05) is 44.5 Å². The molecule has 6 heteroatoms. The highest BCUT2D eigenvalue weighted by molar-refractivity contribution is 14.0. The van der Waals surface area contributed by atoms with Crippen LogP contribution in [0.5, 0.6) is 0 Å². The maximum absolute atomic E-state index is 4.85. The van der Waals surface area contributed by atoms with Gasteiger partial charge in [0.25, 0.3) is 0 Å². The summed E-state index contributed by atoms with van der Waals surface area (Å²) >= 11 is 0. The summed E-state index contributed by atoms with van der Waals surface area (Å²) in [7, 11) is 0. The van der Waals surface area contributed by atoms with Crippen molar-refractivity contribution in [3.05, 3.63) is 29.8 Å². The van der Waals surface area contributed by atoms with Crippen LogP contribution >= 0.6 is 24.0 Å². The molecule has 3 rings (SSSR count). The topological polar surface area (TPSA) is 42.9 Å². The number of benzene rings is 1. The van der Waals surface area contributed by atoms with Gasteiger partial charge in [0.2, 0.25) is 0 Å². The van der Waals surface area contributed by atoms with Crippen LogP contribution in [0.1, 0.15) is 58.4 Å². The minimum absolute atomic E-state index is 0. The second-order valence-corrected chi connectivity index (χ2v) is 8.79. The maximum Gasteiger partial charge on any atom is 0.191 e. The fourth-order valence-corrected chi connectivity index (χ4v) is 4.38. The van der Waals surface area contributed by atoms with Crippen molar-refractivity contribution in [2.45, 2.75) is 65.5 Å². The third-order valence-corrected chi connectivity index (χ3v) is 6.32. The average molecular weight is 528 g/mol. The molecule has 0 bridgehead atoms. The van der Waals surface area contributed by atoms with Gasteiger partial charge in [-0.3, -0.25) is 0 Å². The van der Waals surface area contributed by atoms with E-state index in [1.807, 2.05) is 0 Å². The monoisotopic (exact) mass is 527 g/mol. The highest BCUT2D eigenvalue weighted by Crippen LogP contribution is 2.23. The van der Waals surface area contributed by atoms with Crippen LogP contribution in [0.2, 0.25) is 0 Å². The van der Waals surface area contributed by atoms with Crippen molar-refractivity contribution >= 4 is 35.6 Å². The van der Waals surface area contributed by atoms with Crippen LogP contribution in [0.4, 0.5) is 5.69 Å². The Labute approximate surface area is 201 Å². The molecule has 2 heterocycles. The zero-order valence-electron chi connectivity index (χ0n) is 19.2. The van der Waals surface area contributed by atoms with Crippen LogP contribution in [-0.2, 0) is 6.54 Å². The van der Waals surface area contributed by atoms with Crippen molar-refractivity contribution in [1.29, 1.82) is 0 Å². The number of piperidine rings is 2. The average Bonchev–Trinajstić information content (AvgIpc) is 2.75. The van der Waals surface area contributed by atoms with E-state index in [9.17, 15) is 0 Å². The Morgan fingerprint density at radius 3 is 2.27 bits per heavy atom. The first-order valence-corrected chi connectivity index (χ1v) is 11.8. The third kappa shape index (κ3) is 7.91. The number of anilines is 1. The molecule has 2 fully saturated rings. The fraction of sp³-hybridized carbons (Fsp3) is 0.708. The van der Waals surface area contributed by atoms with Gasteiger partial charge in [-0.1, -0.05) is 26.0 Å². The maximum atomic E-state index is 4.85. The molecule has 2 N–H and O–H groups in total. The molecule has 170 valence electrons. The molecule has 2 saturated heterocycles. The van der Waals surface area contributed by atoms with Gasteiger partial charge in [-0.25, -0.2) is 4.99 Å². The Balaban J connectivity index is 0.00000320. The third-order valence-electron chi connectivity index (χ3n) is 6.32. The summed E-state index contributed by atoms with van der Waals surface area (Å²) in [5.41, 5.74) is 2.63. The zero-order chi connectivity index (χ0) is 20.5. The molecule has 0 radical (unpaired) electrons. The molecule has 2 aliphatic rings. The van der Waals surface area contributed by atoms with Crippen molar-refractivity contribution in [3.63, 3.8) is 0 Å². The first kappa shape index (κ1) is 25.2. The second kappa shape index (κ2) is 13.4. The molecular formula is C24H42IN5. The van der Waals surface area contributed by atoms with Gasteiger partial charge in [-0.2, -0.15) is 0 Å². The number of hydrogen-bond donors (Lipinski definition) is 2. The number of nitrogens with zero attached hydrogens (tertiary/aromatic N) is 3. The van der Waals surface area contributed by atoms with Gasteiger partial charge in [0.15, 0.2) is 5.96 Å². The van der Waals surface area contributed by atoms with Crippen LogP contribution in [0.15, 0.2) is 29.3 Å². The molecule has 0 aromatic heterocycles. The van der Waals surface area contributed by atoms with Crippen molar-refractivity contribution in [3.8, 4) is 0 Å². The highest BCUT2D eigenvalue weighted by atomic mass is 127. The SMILES string of the molecule is CCCN1CCC(NC(=NCc2ccc(N3CCC(C)CC3)cc2)NCC)CC1.I. The number of likely N-dealkylation sites (tertiary alicyclic amines) is 1. The number of nitrogens with one attached hydrogen (secondary N) is 2. The fourth-order valence-electron chi connectivity index (χ4n) is 4.38. The van der Waals surface area contributed by atoms with Crippen LogP contribution in [0, 0.1) is 5.92 Å². The molecule has 0 unspecified atom stereocenters. The smallest absolute Gasteiger partial charge is 0.191 e. The number of guanidine groups is 1. The summed E-state index contributed by atoms with van der Waals surface area (Å²) in [6, 6.07) is 9.55. The molecular weight excluding hydrogens is 485 g/mol. The molecule has 5 nitrogen and oxygen atoms in total. The van der Waals surface area contributed by atoms with E-state index < -0.39 is 0 Å². The van der Waals surface area contributed by atoms with Crippen molar-refractivity contribution < 1.29 is 0 Å². The minimum atomic E-state index is 0. The summed E-state index contributed by atoms with van der Waals surface area (Å²) in [6.07, 6.45) is 6.27. The molecule has 1 aromatic carbocycles. The van der Waals surface area contributed by atoms with Crippen LogP contribution in [-0.4, -0.2) is 56.2 Å². The lowest BCUT2D eigenvalue weighted by Gasteiger charge is -2.32. The second-order valence-electron chi connectivity index (χ2n) is 8.79. The number of aliphatic imine (C=N–C) groups is 1. The standard InChI is InChI=1S/C24H41N5.HI/c1-4-14-28-15-12-22(13-16-28)27-24(25-5-2)26-19-21-6-8-23(9-7-21)29-17-10-20(3)11-18-29;/h6-9,20,22H,4-5,10-19H2,1-3H3,(H2,25,26,27);1H. The van der Waals surface area contributed by atoms with E-state index in [2.05, 4.69) is 65.5 Å². The van der Waals surface area contributed by atoms with E-state index >= 15 is 0 Å². The summed E-state index contributed by atoms with van der Waals surface area (Å²) in [5.74, 6) is 1.83. The number of halogens is 1. The van der Waals surface area contributed by atoms with Gasteiger partial charge in [0.05, 0.1) is 6.54 Å². The lowest BCUT2D eigenvalue weighted by Crippen LogP contribution is -2.48. The molecule has 0 amide bonds. The first-order chi connectivity index (χ1) is 14.2. The molecule has 2 aliphatic heterocycles. The van der Waals surface area contributed by atoms with E-state index in [-0.39, 0.29) is 24.0 Å². The molecule has 0 aliphatic carbocycles. The lowest BCUT2D eigenvalue weighted by atomic mass is 9.99. The van der Waals surface area contributed by atoms with Crippen molar-refractivity contribution in [2.24, 2.45) is 10.9 Å². The Morgan fingerprint density at radius 1 is 1.00 bits per heavy atom. The highest BCUT2D eigenvalue weighted by Gasteiger charge is 2.19. The van der Waals surface area contributed by atoms with Gasteiger partial charge >= 0.3 is 0 Å². The van der Waals surface area contributed by atoms with Crippen LogP contribution in [0.3, 0.4) is 0 Å². The zero-order valence-corrected chi connectivity index (χ0v) is 21.5. The minimum Gasteiger partial charge on any atom is -0.372 e. The molecule has 0 saturated carbocycles. The Hall–Kier alpha value is -1.02. The van der Waals surface area contributed by atoms with E-state index in [0.717, 1.165) is 25.0 Å². The van der Waals surface area contributed by atoms with E-state index in [1.165, 1.54) is 76.1 Å². The number of hydrogen-bond acceptors (Lipinski definition) is 3. The summed E-state index contributed by atoms with van der Waals surface area (Å²) in [5, 5.41) is 7.08. The van der Waals surface area contributed by atoms with E-state index in [1.54, 1.807) is 0 Å². The van der Waals surface area contributed by atoms with Crippen LogP contribution < -0.4 is 15.5 Å². The predicted molar refractivity (Wildman–Crippen MR) is 140 cm³/mol. The quantitative estimate of drug-likeness (QED) is 0.312. The number of rotatable bonds is 7. The summed E-state index contributed by atoms with van der Waals surface area (Å²) < 4.78 is 0. The van der Waals surface area contributed by atoms with Crippen molar-refractivity contribution in [1.82, 2.24) is 15.5 Å². The van der Waals surface area contributed by atoms with Crippen molar-refractivity contribution in [2.75, 3.05) is 44.2 Å². The Bertz CT molecular complexity index is 617. The Kier molecular flexibility index (Phi) is 11.3. The lowest BCUT2D eigenvalue weighted by molar-refractivity contribution is 0.206. The van der Waals surface area contributed by atoms with E-state index in [4.69, 9.17) is 4.99 Å². The first-order valence-electron chi connectivity index (χ1n) is 11.8. The van der Waals surface area contributed by atoms with Crippen LogP contribution in [0.25, 0.3) is 0 Å². The summed E-state index contributed by atoms with van der Waals surface area (Å²) in [4.78, 5) is 9.95. The normalized spacial score (nSPS) is 19.4. The molecule has 30 heavy (non-hydrogen) atoms.